The smallest absolute Gasteiger partial charge is 0.272 e. The summed E-state index contributed by atoms with van der Waals surface area (Å²) < 4.78 is 2.29. The maximum absolute atomic E-state index is 11.4. The summed E-state index contributed by atoms with van der Waals surface area (Å²) in [7, 11) is 0. The monoisotopic (exact) mass is 253 g/mol. The molecule has 0 spiro atoms. The van der Waals surface area contributed by atoms with Crippen LogP contribution in [0.2, 0.25) is 0 Å². The van der Waals surface area contributed by atoms with E-state index in [2.05, 4.69) is 26.0 Å². The molecule has 0 saturated carbocycles. The predicted molar refractivity (Wildman–Crippen MR) is 56.6 cm³/mol. The largest absolute Gasteiger partial charge is 0.294 e. The molecule has 5 heteroatoms. The molecule has 2 aromatic heterocycles. The van der Waals surface area contributed by atoms with Crippen molar-refractivity contribution in [2.45, 2.75) is 6.92 Å². The molecule has 2 heterocycles. The highest BCUT2D eigenvalue weighted by Gasteiger charge is 2.02. The Morgan fingerprint density at radius 3 is 2.79 bits per heavy atom. The number of hydrogen-bond acceptors (Lipinski definition) is 2. The third-order valence-electron chi connectivity index (χ3n) is 1.79. The van der Waals surface area contributed by atoms with Crippen LogP contribution in [0.1, 0.15) is 5.69 Å². The summed E-state index contributed by atoms with van der Waals surface area (Å²) in [4.78, 5) is 15.5. The first-order valence-corrected chi connectivity index (χ1v) is 4.87. The van der Waals surface area contributed by atoms with Crippen molar-refractivity contribution in [2.24, 2.45) is 0 Å². The molecular weight excluding hydrogens is 246 g/mol. The molecule has 0 radical (unpaired) electrons. The predicted octanol–water partition coefficient (Wildman–Crippen LogP) is 1.63. The number of rotatable bonds is 1. The fourth-order valence-electron chi connectivity index (χ4n) is 1.18. The van der Waals surface area contributed by atoms with Crippen molar-refractivity contribution in [2.75, 3.05) is 0 Å². The SMILES string of the molecule is Cc1cc(=O)n(-c2ccc(Br)cn2)[nH]1. The normalized spacial score (nSPS) is 10.4. The van der Waals surface area contributed by atoms with E-state index >= 15 is 0 Å². The van der Waals surface area contributed by atoms with Crippen molar-refractivity contribution in [3.8, 4) is 5.82 Å². The quantitative estimate of drug-likeness (QED) is 0.840. The van der Waals surface area contributed by atoms with Gasteiger partial charge in [0.25, 0.3) is 5.56 Å². The minimum atomic E-state index is -0.0997. The summed E-state index contributed by atoms with van der Waals surface area (Å²) in [6.45, 7) is 1.83. The Morgan fingerprint density at radius 2 is 2.29 bits per heavy atom. The van der Waals surface area contributed by atoms with Crippen LogP contribution in [-0.2, 0) is 0 Å². The van der Waals surface area contributed by atoms with Crippen molar-refractivity contribution in [1.82, 2.24) is 14.8 Å². The summed E-state index contributed by atoms with van der Waals surface area (Å²) >= 11 is 3.28. The first-order chi connectivity index (χ1) is 6.66. The molecule has 0 fully saturated rings. The second-order valence-electron chi connectivity index (χ2n) is 2.95. The Morgan fingerprint density at radius 1 is 1.50 bits per heavy atom. The van der Waals surface area contributed by atoms with Gasteiger partial charge in [0.05, 0.1) is 0 Å². The molecule has 0 bridgehead atoms. The fourth-order valence-corrected chi connectivity index (χ4v) is 1.42. The van der Waals surface area contributed by atoms with Crippen LogP contribution in [-0.4, -0.2) is 14.8 Å². The molecule has 0 atom stereocenters. The highest BCUT2D eigenvalue weighted by Crippen LogP contribution is 2.08. The van der Waals surface area contributed by atoms with Crippen LogP contribution in [0.25, 0.3) is 5.82 Å². The van der Waals surface area contributed by atoms with E-state index in [1.54, 1.807) is 12.3 Å². The van der Waals surface area contributed by atoms with Crippen LogP contribution in [0.15, 0.2) is 33.7 Å². The molecule has 0 aliphatic rings. The molecule has 2 aromatic rings. The summed E-state index contributed by atoms with van der Waals surface area (Å²) in [6.07, 6.45) is 1.65. The zero-order chi connectivity index (χ0) is 10.1. The van der Waals surface area contributed by atoms with E-state index in [-0.39, 0.29) is 5.56 Å². The third kappa shape index (κ3) is 1.63. The minimum absolute atomic E-state index is 0.0997. The van der Waals surface area contributed by atoms with Gasteiger partial charge in [0.15, 0.2) is 5.82 Å². The molecule has 4 nitrogen and oxygen atoms in total. The number of aromatic nitrogens is 3. The maximum atomic E-state index is 11.4. The van der Waals surface area contributed by atoms with Gasteiger partial charge in [-0.3, -0.25) is 9.89 Å². The van der Waals surface area contributed by atoms with Crippen LogP contribution in [0.5, 0.6) is 0 Å². The van der Waals surface area contributed by atoms with Crippen molar-refractivity contribution < 1.29 is 0 Å². The number of H-pyrrole nitrogens is 1. The lowest BCUT2D eigenvalue weighted by Crippen LogP contribution is -2.14. The van der Waals surface area contributed by atoms with Gasteiger partial charge >= 0.3 is 0 Å². The molecule has 72 valence electrons. The van der Waals surface area contributed by atoms with E-state index in [0.717, 1.165) is 10.2 Å². The van der Waals surface area contributed by atoms with Gasteiger partial charge in [-0.25, -0.2) is 9.67 Å². The highest BCUT2D eigenvalue weighted by atomic mass is 79.9. The van der Waals surface area contributed by atoms with E-state index in [0.29, 0.717) is 5.82 Å². The lowest BCUT2D eigenvalue weighted by molar-refractivity contribution is 0.806. The van der Waals surface area contributed by atoms with E-state index in [4.69, 9.17) is 0 Å². The third-order valence-corrected chi connectivity index (χ3v) is 2.26. The van der Waals surface area contributed by atoms with Crippen LogP contribution < -0.4 is 5.56 Å². The molecule has 0 amide bonds. The number of pyridine rings is 1. The van der Waals surface area contributed by atoms with Gasteiger partial charge in [0, 0.05) is 22.4 Å². The molecule has 0 saturated heterocycles. The molecule has 0 aliphatic heterocycles. The molecule has 1 N–H and O–H groups in total. The van der Waals surface area contributed by atoms with Crippen LogP contribution in [0.3, 0.4) is 0 Å². The van der Waals surface area contributed by atoms with E-state index in [1.807, 2.05) is 13.0 Å². The number of aromatic amines is 1. The zero-order valence-electron chi connectivity index (χ0n) is 7.49. The Kier molecular flexibility index (Phi) is 2.25. The van der Waals surface area contributed by atoms with Crippen molar-refractivity contribution in [3.05, 3.63) is 44.9 Å². The fraction of sp³-hybridized carbons (Fsp3) is 0.111. The molecule has 0 aromatic carbocycles. The first-order valence-electron chi connectivity index (χ1n) is 4.07. The molecule has 0 aliphatic carbocycles. The van der Waals surface area contributed by atoms with Gasteiger partial charge in [0.1, 0.15) is 0 Å². The Labute approximate surface area is 88.7 Å². The lowest BCUT2D eigenvalue weighted by Gasteiger charge is -1.99. The van der Waals surface area contributed by atoms with Crippen molar-refractivity contribution in [3.63, 3.8) is 0 Å². The average molecular weight is 254 g/mol. The van der Waals surface area contributed by atoms with Crippen molar-refractivity contribution >= 4 is 15.9 Å². The van der Waals surface area contributed by atoms with Gasteiger partial charge in [-0.05, 0) is 35.0 Å². The number of nitrogens with zero attached hydrogens (tertiary/aromatic N) is 2. The second-order valence-corrected chi connectivity index (χ2v) is 3.86. The van der Waals surface area contributed by atoms with Gasteiger partial charge in [-0.2, -0.15) is 0 Å². The summed E-state index contributed by atoms with van der Waals surface area (Å²) in [5.41, 5.74) is 0.719. The summed E-state index contributed by atoms with van der Waals surface area (Å²) in [6, 6.07) is 5.14. The van der Waals surface area contributed by atoms with Crippen LogP contribution >= 0.6 is 15.9 Å². The lowest BCUT2D eigenvalue weighted by atomic mass is 10.5. The highest BCUT2D eigenvalue weighted by molar-refractivity contribution is 9.10. The van der Waals surface area contributed by atoms with Crippen LogP contribution in [0, 0.1) is 6.92 Å². The standard InChI is InChI=1S/C9H8BrN3O/c1-6-4-9(14)13(12-6)8-3-2-7(10)5-11-8/h2-5,12H,1H3. The first kappa shape index (κ1) is 9.21. The topological polar surface area (TPSA) is 50.7 Å². The van der Waals surface area contributed by atoms with Crippen LogP contribution in [0.4, 0.5) is 0 Å². The minimum Gasteiger partial charge on any atom is -0.294 e. The van der Waals surface area contributed by atoms with E-state index < -0.39 is 0 Å². The van der Waals surface area contributed by atoms with Gasteiger partial charge in [0.2, 0.25) is 0 Å². The summed E-state index contributed by atoms with van der Waals surface area (Å²) in [5, 5.41) is 2.91. The Hall–Kier alpha value is -1.36. The van der Waals surface area contributed by atoms with Gasteiger partial charge < -0.3 is 0 Å². The Balaban J connectivity index is 2.54. The number of hydrogen-bond donors (Lipinski definition) is 1. The van der Waals surface area contributed by atoms with Gasteiger partial charge in [-0.1, -0.05) is 0 Å². The zero-order valence-corrected chi connectivity index (χ0v) is 9.08. The molecular formula is C9H8BrN3O. The second kappa shape index (κ2) is 3.42. The van der Waals surface area contributed by atoms with Gasteiger partial charge in [-0.15, -0.1) is 0 Å². The Bertz CT molecular complexity index is 498. The number of aryl methyl sites for hydroxylation is 1. The number of nitrogens with one attached hydrogen (secondary N) is 1. The number of halogens is 1. The molecule has 2 rings (SSSR count). The van der Waals surface area contributed by atoms with E-state index in [1.165, 1.54) is 10.7 Å². The van der Waals surface area contributed by atoms with Crippen molar-refractivity contribution in [1.29, 1.82) is 0 Å². The molecule has 14 heavy (non-hydrogen) atoms. The van der Waals surface area contributed by atoms with E-state index in [9.17, 15) is 4.79 Å². The molecule has 0 unspecified atom stereocenters. The average Bonchev–Trinajstić information content (AvgIpc) is 2.47. The maximum Gasteiger partial charge on any atom is 0.272 e. The summed E-state index contributed by atoms with van der Waals surface area (Å²) in [5.74, 6) is 0.589.